The molecule has 0 aromatic heterocycles. The molecule has 1 aliphatic heterocycles. The number of ether oxygens (including phenoxy) is 1. The van der Waals surface area contributed by atoms with E-state index in [1.165, 1.54) is 0 Å². The summed E-state index contributed by atoms with van der Waals surface area (Å²) < 4.78 is 5.44. The topological polar surface area (TPSA) is 9.23 Å². The lowest BCUT2D eigenvalue weighted by molar-refractivity contribution is 0.316. The van der Waals surface area contributed by atoms with Crippen molar-refractivity contribution in [1.82, 2.24) is 0 Å². The molecule has 2 rings (SSSR count). The minimum atomic E-state index is 0.681. The lowest BCUT2D eigenvalue weighted by Gasteiger charge is -2.10. The molecule has 1 nitrogen and oxygen atoms in total. The fourth-order valence-corrected chi connectivity index (χ4v) is 1.18. The predicted molar refractivity (Wildman–Crippen MR) is 49.5 cm³/mol. The van der Waals surface area contributed by atoms with E-state index in [0.717, 1.165) is 11.3 Å². The molecule has 0 aliphatic carbocycles. The standard InChI is InChI=1S/C11H10O/c1-2-6-10(7-3-1)11-8-4-5-9-12-11/h1-8H,9H2. The Labute approximate surface area is 72.0 Å². The maximum Gasteiger partial charge on any atom is 0.126 e. The van der Waals surface area contributed by atoms with Crippen LogP contribution in [0.15, 0.2) is 48.6 Å². The number of allylic oxidation sites excluding steroid dienone is 2. The normalized spacial score (nSPS) is 15.2. The van der Waals surface area contributed by atoms with Gasteiger partial charge in [-0.3, -0.25) is 0 Å². The van der Waals surface area contributed by atoms with E-state index < -0.39 is 0 Å². The molecule has 0 atom stereocenters. The first-order valence-electron chi connectivity index (χ1n) is 4.02. The Bertz CT molecular complexity index is 309. The Morgan fingerprint density at radius 3 is 2.58 bits per heavy atom. The Hall–Kier alpha value is -1.50. The predicted octanol–water partition coefficient (Wildman–Crippen LogP) is 2.61. The maximum absolute atomic E-state index is 5.44. The van der Waals surface area contributed by atoms with E-state index in [-0.39, 0.29) is 0 Å². The van der Waals surface area contributed by atoms with Gasteiger partial charge in [-0.05, 0) is 12.2 Å². The summed E-state index contributed by atoms with van der Waals surface area (Å²) in [4.78, 5) is 0. The summed E-state index contributed by atoms with van der Waals surface area (Å²) in [5.74, 6) is 0.957. The largest absolute Gasteiger partial charge is 0.489 e. The van der Waals surface area contributed by atoms with E-state index in [1.54, 1.807) is 0 Å². The molecule has 0 amide bonds. The molecule has 0 N–H and O–H groups in total. The van der Waals surface area contributed by atoms with Gasteiger partial charge >= 0.3 is 0 Å². The zero-order valence-corrected chi connectivity index (χ0v) is 6.73. The summed E-state index contributed by atoms with van der Waals surface area (Å²) in [6, 6.07) is 10.1. The van der Waals surface area contributed by atoms with Crippen molar-refractivity contribution in [3.05, 3.63) is 54.1 Å². The van der Waals surface area contributed by atoms with Crippen LogP contribution in [0.25, 0.3) is 5.76 Å². The molecule has 1 aliphatic rings. The van der Waals surface area contributed by atoms with Crippen molar-refractivity contribution < 1.29 is 4.74 Å². The molecule has 0 radical (unpaired) electrons. The lowest BCUT2D eigenvalue weighted by atomic mass is 10.1. The summed E-state index contributed by atoms with van der Waals surface area (Å²) >= 11 is 0. The Morgan fingerprint density at radius 2 is 1.92 bits per heavy atom. The summed E-state index contributed by atoms with van der Waals surface area (Å²) in [5.41, 5.74) is 1.14. The molecule has 1 heteroatoms. The van der Waals surface area contributed by atoms with E-state index in [4.69, 9.17) is 4.74 Å². The molecular formula is C11H10O. The van der Waals surface area contributed by atoms with Crippen molar-refractivity contribution >= 4 is 5.76 Å². The first-order valence-corrected chi connectivity index (χ1v) is 4.02. The van der Waals surface area contributed by atoms with Crippen molar-refractivity contribution in [3.8, 4) is 0 Å². The van der Waals surface area contributed by atoms with Gasteiger partial charge in [0, 0.05) is 5.56 Å². The highest BCUT2D eigenvalue weighted by Crippen LogP contribution is 2.17. The van der Waals surface area contributed by atoms with Crippen LogP contribution < -0.4 is 0 Å². The highest BCUT2D eigenvalue weighted by molar-refractivity contribution is 5.62. The smallest absolute Gasteiger partial charge is 0.126 e. The van der Waals surface area contributed by atoms with Crippen LogP contribution in [0.1, 0.15) is 5.56 Å². The quantitative estimate of drug-likeness (QED) is 0.610. The van der Waals surface area contributed by atoms with Gasteiger partial charge in [0.2, 0.25) is 0 Å². The average molecular weight is 158 g/mol. The van der Waals surface area contributed by atoms with Crippen molar-refractivity contribution in [2.24, 2.45) is 0 Å². The number of hydrogen-bond acceptors (Lipinski definition) is 1. The molecule has 0 fully saturated rings. The van der Waals surface area contributed by atoms with Crippen LogP contribution in [-0.2, 0) is 4.74 Å². The number of benzene rings is 1. The fourth-order valence-electron chi connectivity index (χ4n) is 1.18. The molecule has 0 spiro atoms. The van der Waals surface area contributed by atoms with Crippen molar-refractivity contribution in [3.63, 3.8) is 0 Å². The van der Waals surface area contributed by atoms with Gasteiger partial charge in [-0.1, -0.05) is 36.4 Å². The second kappa shape index (κ2) is 3.26. The molecule has 12 heavy (non-hydrogen) atoms. The highest BCUT2D eigenvalue weighted by Gasteiger charge is 2.01. The van der Waals surface area contributed by atoms with Crippen LogP contribution in [0.2, 0.25) is 0 Å². The minimum absolute atomic E-state index is 0.681. The maximum atomic E-state index is 5.44. The third kappa shape index (κ3) is 1.40. The van der Waals surface area contributed by atoms with Crippen LogP contribution in [-0.4, -0.2) is 6.61 Å². The van der Waals surface area contributed by atoms with E-state index in [0.29, 0.717) is 6.61 Å². The van der Waals surface area contributed by atoms with Crippen molar-refractivity contribution in [2.45, 2.75) is 0 Å². The molecule has 60 valence electrons. The third-order valence-corrected chi connectivity index (χ3v) is 1.78. The second-order valence-electron chi connectivity index (χ2n) is 2.64. The van der Waals surface area contributed by atoms with Gasteiger partial charge in [0.05, 0.1) is 0 Å². The lowest BCUT2D eigenvalue weighted by Crippen LogP contribution is -1.95. The average Bonchev–Trinajstić information content (AvgIpc) is 2.21. The van der Waals surface area contributed by atoms with Gasteiger partial charge in [0.25, 0.3) is 0 Å². The molecular weight excluding hydrogens is 148 g/mol. The molecule has 1 heterocycles. The van der Waals surface area contributed by atoms with Gasteiger partial charge < -0.3 is 4.74 Å². The zero-order chi connectivity index (χ0) is 8.23. The molecule has 0 bridgehead atoms. The van der Waals surface area contributed by atoms with E-state index >= 15 is 0 Å². The first-order chi connectivity index (χ1) is 5.97. The second-order valence-corrected chi connectivity index (χ2v) is 2.64. The van der Waals surface area contributed by atoms with E-state index in [2.05, 4.69) is 0 Å². The molecule has 1 aromatic rings. The van der Waals surface area contributed by atoms with Gasteiger partial charge in [0.1, 0.15) is 12.4 Å². The van der Waals surface area contributed by atoms with Crippen molar-refractivity contribution in [1.29, 1.82) is 0 Å². The highest BCUT2D eigenvalue weighted by atomic mass is 16.5. The van der Waals surface area contributed by atoms with Crippen LogP contribution in [0.5, 0.6) is 0 Å². The van der Waals surface area contributed by atoms with Crippen LogP contribution in [0, 0.1) is 0 Å². The molecule has 0 saturated carbocycles. The molecule has 1 aromatic carbocycles. The number of rotatable bonds is 1. The van der Waals surface area contributed by atoms with Crippen LogP contribution in [0.4, 0.5) is 0 Å². The zero-order valence-electron chi connectivity index (χ0n) is 6.73. The van der Waals surface area contributed by atoms with E-state index in [1.807, 2.05) is 48.6 Å². The summed E-state index contributed by atoms with van der Waals surface area (Å²) in [6.45, 7) is 0.681. The molecule has 0 saturated heterocycles. The Morgan fingerprint density at radius 1 is 1.08 bits per heavy atom. The SMILES string of the molecule is C1=CCOC(c2ccccc2)=C1. The summed E-state index contributed by atoms with van der Waals surface area (Å²) in [7, 11) is 0. The van der Waals surface area contributed by atoms with Gasteiger partial charge in [0.15, 0.2) is 0 Å². The van der Waals surface area contributed by atoms with Crippen LogP contribution >= 0.6 is 0 Å². The summed E-state index contributed by atoms with van der Waals surface area (Å²) in [6.07, 6.45) is 6.00. The van der Waals surface area contributed by atoms with Gasteiger partial charge in [-0.25, -0.2) is 0 Å². The Balaban J connectivity index is 2.31. The fraction of sp³-hybridized carbons (Fsp3) is 0.0909. The van der Waals surface area contributed by atoms with Gasteiger partial charge in [-0.15, -0.1) is 0 Å². The number of hydrogen-bond donors (Lipinski definition) is 0. The monoisotopic (exact) mass is 158 g/mol. The Kier molecular flexibility index (Phi) is 1.95. The first kappa shape index (κ1) is 7.17. The summed E-state index contributed by atoms with van der Waals surface area (Å²) in [5, 5.41) is 0. The van der Waals surface area contributed by atoms with Gasteiger partial charge in [-0.2, -0.15) is 0 Å². The van der Waals surface area contributed by atoms with Crippen LogP contribution in [0.3, 0.4) is 0 Å². The third-order valence-electron chi connectivity index (χ3n) is 1.78. The van der Waals surface area contributed by atoms with E-state index in [9.17, 15) is 0 Å². The van der Waals surface area contributed by atoms with Crippen molar-refractivity contribution in [2.75, 3.05) is 6.61 Å². The minimum Gasteiger partial charge on any atom is -0.489 e. The molecule has 0 unspecified atom stereocenters.